The minimum atomic E-state index is -0.142. The first kappa shape index (κ1) is 18.0. The Morgan fingerprint density at radius 3 is 2.48 bits per heavy atom. The number of piperazine rings is 1. The summed E-state index contributed by atoms with van der Waals surface area (Å²) < 4.78 is 14.0. The van der Waals surface area contributed by atoms with Crippen LogP contribution in [0.2, 0.25) is 0 Å². The molecule has 138 valence electrons. The van der Waals surface area contributed by atoms with Crippen LogP contribution in [0.4, 0.5) is 10.1 Å². The molecule has 5 nitrogen and oxygen atoms in total. The van der Waals surface area contributed by atoms with Gasteiger partial charge in [-0.2, -0.15) is 0 Å². The number of guanidine groups is 1. The molecule has 1 saturated carbocycles. The maximum absolute atomic E-state index is 14.0. The first-order valence-corrected chi connectivity index (χ1v) is 9.21. The average molecular weight is 347 g/mol. The van der Waals surface area contributed by atoms with Gasteiger partial charge in [0.15, 0.2) is 5.96 Å². The molecule has 1 aromatic rings. The quantitative estimate of drug-likeness (QED) is 0.651. The van der Waals surface area contributed by atoms with Crippen molar-refractivity contribution in [2.24, 2.45) is 10.9 Å². The summed E-state index contributed by atoms with van der Waals surface area (Å²) in [5.41, 5.74) is 0.700. The molecule has 2 aliphatic rings. The fourth-order valence-corrected chi connectivity index (χ4v) is 3.65. The lowest BCUT2D eigenvalue weighted by molar-refractivity contribution is 0.260. The van der Waals surface area contributed by atoms with Crippen LogP contribution in [0.3, 0.4) is 0 Å². The maximum Gasteiger partial charge on any atom is 0.193 e. The topological polar surface area (TPSA) is 34.1 Å². The summed E-state index contributed by atoms with van der Waals surface area (Å²) in [5.74, 6) is 1.64. The van der Waals surface area contributed by atoms with Gasteiger partial charge >= 0.3 is 0 Å². The van der Waals surface area contributed by atoms with Gasteiger partial charge in [0, 0.05) is 45.8 Å². The van der Waals surface area contributed by atoms with Gasteiger partial charge in [-0.3, -0.25) is 4.99 Å². The van der Waals surface area contributed by atoms with Crippen molar-refractivity contribution in [3.63, 3.8) is 0 Å². The van der Waals surface area contributed by atoms with Crippen molar-refractivity contribution >= 4 is 11.6 Å². The van der Waals surface area contributed by atoms with Crippen LogP contribution in [0, 0.1) is 11.7 Å². The van der Waals surface area contributed by atoms with E-state index < -0.39 is 0 Å². The molecule has 0 amide bonds. The number of para-hydroxylation sites is 1. The van der Waals surface area contributed by atoms with Crippen LogP contribution in [-0.2, 0) is 0 Å². The fourth-order valence-electron chi connectivity index (χ4n) is 3.65. The number of benzene rings is 1. The van der Waals surface area contributed by atoms with Crippen LogP contribution < -0.4 is 10.2 Å². The van der Waals surface area contributed by atoms with Crippen LogP contribution in [-0.4, -0.2) is 75.7 Å². The number of rotatable bonds is 5. The van der Waals surface area contributed by atoms with E-state index in [1.54, 1.807) is 6.07 Å². The highest BCUT2D eigenvalue weighted by Gasteiger charge is 2.33. The number of nitrogens with zero attached hydrogens (tertiary/aromatic N) is 4. The van der Waals surface area contributed by atoms with Crippen LogP contribution in [0.25, 0.3) is 0 Å². The van der Waals surface area contributed by atoms with Crippen molar-refractivity contribution in [2.45, 2.75) is 18.9 Å². The van der Waals surface area contributed by atoms with Gasteiger partial charge < -0.3 is 20.0 Å². The molecule has 1 saturated heterocycles. The molecule has 1 aromatic carbocycles. The monoisotopic (exact) mass is 347 g/mol. The molecular weight excluding hydrogens is 317 g/mol. The SMILES string of the molecule is CN=C(NCC(C1CC1)N(C)C)N1CCN(c2ccccc2F)CC1. The second-order valence-corrected chi connectivity index (χ2v) is 7.22. The third kappa shape index (κ3) is 4.42. The third-order valence-corrected chi connectivity index (χ3v) is 5.28. The maximum atomic E-state index is 14.0. The van der Waals surface area contributed by atoms with E-state index in [2.05, 4.69) is 39.1 Å². The Morgan fingerprint density at radius 1 is 1.24 bits per heavy atom. The van der Waals surface area contributed by atoms with Gasteiger partial charge in [-0.05, 0) is 45.0 Å². The molecule has 1 unspecified atom stereocenters. The van der Waals surface area contributed by atoms with Crippen molar-refractivity contribution in [1.82, 2.24) is 15.1 Å². The lowest BCUT2D eigenvalue weighted by Crippen LogP contribution is -2.54. The average Bonchev–Trinajstić information content (AvgIpc) is 3.44. The van der Waals surface area contributed by atoms with Crippen LogP contribution in [0.5, 0.6) is 0 Å². The van der Waals surface area contributed by atoms with Crippen LogP contribution in [0.1, 0.15) is 12.8 Å². The number of hydrogen-bond donors (Lipinski definition) is 1. The van der Waals surface area contributed by atoms with E-state index in [4.69, 9.17) is 0 Å². The Bertz CT molecular complexity index is 589. The van der Waals surface area contributed by atoms with Crippen molar-refractivity contribution in [2.75, 3.05) is 58.8 Å². The van der Waals surface area contributed by atoms with Gasteiger partial charge in [0.1, 0.15) is 5.82 Å². The van der Waals surface area contributed by atoms with E-state index in [-0.39, 0.29) is 5.82 Å². The van der Waals surface area contributed by atoms with E-state index in [1.165, 1.54) is 18.9 Å². The molecule has 6 heteroatoms. The van der Waals surface area contributed by atoms with E-state index in [9.17, 15) is 4.39 Å². The molecule has 3 rings (SSSR count). The molecule has 25 heavy (non-hydrogen) atoms. The Hall–Kier alpha value is -1.82. The van der Waals surface area contributed by atoms with Gasteiger partial charge in [0.25, 0.3) is 0 Å². The Labute approximate surface area is 150 Å². The van der Waals surface area contributed by atoms with Crippen molar-refractivity contribution in [3.8, 4) is 0 Å². The number of hydrogen-bond acceptors (Lipinski definition) is 3. The molecule has 0 radical (unpaired) electrons. The molecule has 0 bridgehead atoms. The molecule has 0 aromatic heterocycles. The minimum absolute atomic E-state index is 0.142. The summed E-state index contributed by atoms with van der Waals surface area (Å²) in [5, 5.41) is 3.55. The predicted octanol–water partition coefficient (Wildman–Crippen LogP) is 1.86. The molecule has 1 aliphatic carbocycles. The lowest BCUT2D eigenvalue weighted by Gasteiger charge is -2.38. The number of aliphatic imine (C=N–C) groups is 1. The minimum Gasteiger partial charge on any atom is -0.366 e. The number of halogens is 1. The van der Waals surface area contributed by atoms with Crippen LogP contribution in [0.15, 0.2) is 29.3 Å². The zero-order valence-corrected chi connectivity index (χ0v) is 15.6. The first-order valence-electron chi connectivity index (χ1n) is 9.21. The van der Waals surface area contributed by atoms with Gasteiger partial charge in [-0.25, -0.2) is 4.39 Å². The van der Waals surface area contributed by atoms with E-state index >= 15 is 0 Å². The second kappa shape index (κ2) is 8.04. The normalized spacial score (nSPS) is 20.1. The molecule has 1 heterocycles. The molecule has 1 atom stereocenters. The van der Waals surface area contributed by atoms with Crippen molar-refractivity contribution in [1.29, 1.82) is 0 Å². The van der Waals surface area contributed by atoms with Gasteiger partial charge in [-0.1, -0.05) is 12.1 Å². The van der Waals surface area contributed by atoms with E-state index in [0.29, 0.717) is 11.7 Å². The molecular formula is C19H30FN5. The Morgan fingerprint density at radius 2 is 1.92 bits per heavy atom. The number of anilines is 1. The summed E-state index contributed by atoms with van der Waals surface area (Å²) >= 11 is 0. The molecule has 0 spiro atoms. The summed E-state index contributed by atoms with van der Waals surface area (Å²) in [6.45, 7) is 4.24. The van der Waals surface area contributed by atoms with Crippen molar-refractivity contribution in [3.05, 3.63) is 30.1 Å². The standard InChI is InChI=1S/C19H30FN5/c1-21-19(22-14-18(23(2)3)15-8-9-15)25-12-10-24(11-13-25)17-7-5-4-6-16(17)20/h4-7,15,18H,8-14H2,1-3H3,(H,21,22). The second-order valence-electron chi connectivity index (χ2n) is 7.22. The van der Waals surface area contributed by atoms with Gasteiger partial charge in [0.2, 0.25) is 0 Å². The summed E-state index contributed by atoms with van der Waals surface area (Å²) in [4.78, 5) is 11.2. The largest absolute Gasteiger partial charge is 0.366 e. The Kier molecular flexibility index (Phi) is 5.78. The van der Waals surface area contributed by atoms with Crippen molar-refractivity contribution < 1.29 is 4.39 Å². The zero-order valence-electron chi connectivity index (χ0n) is 15.6. The van der Waals surface area contributed by atoms with Crippen LogP contribution >= 0.6 is 0 Å². The molecule has 1 aliphatic heterocycles. The van der Waals surface area contributed by atoms with E-state index in [0.717, 1.165) is 44.6 Å². The number of likely N-dealkylation sites (N-methyl/N-ethyl adjacent to an activating group) is 1. The van der Waals surface area contributed by atoms with Gasteiger partial charge in [-0.15, -0.1) is 0 Å². The molecule has 2 fully saturated rings. The summed E-state index contributed by atoms with van der Waals surface area (Å²) in [7, 11) is 6.15. The smallest absolute Gasteiger partial charge is 0.193 e. The zero-order chi connectivity index (χ0) is 17.8. The number of nitrogens with one attached hydrogen (secondary N) is 1. The fraction of sp³-hybridized carbons (Fsp3) is 0.632. The summed E-state index contributed by atoms with van der Waals surface area (Å²) in [6, 6.07) is 7.58. The Balaban J connectivity index is 1.53. The highest BCUT2D eigenvalue weighted by Crippen LogP contribution is 2.34. The summed E-state index contributed by atoms with van der Waals surface area (Å²) in [6.07, 6.45) is 2.68. The van der Waals surface area contributed by atoms with Gasteiger partial charge in [0.05, 0.1) is 5.69 Å². The lowest BCUT2D eigenvalue weighted by atomic mass is 10.1. The molecule has 1 N–H and O–H groups in total. The first-order chi connectivity index (χ1) is 12.1. The third-order valence-electron chi connectivity index (χ3n) is 5.28. The van der Waals surface area contributed by atoms with E-state index in [1.807, 2.05) is 19.2 Å². The highest BCUT2D eigenvalue weighted by molar-refractivity contribution is 5.80. The predicted molar refractivity (Wildman–Crippen MR) is 102 cm³/mol. The highest BCUT2D eigenvalue weighted by atomic mass is 19.1.